The summed E-state index contributed by atoms with van der Waals surface area (Å²) in [4.78, 5) is 0. The van der Waals surface area contributed by atoms with Gasteiger partial charge >= 0.3 is 0 Å². The first-order valence-electron chi connectivity index (χ1n) is 10.7. The van der Waals surface area contributed by atoms with Gasteiger partial charge in [0.05, 0.1) is 0 Å². The minimum Gasteiger partial charge on any atom is -0.381 e. The van der Waals surface area contributed by atoms with Crippen LogP contribution in [0.4, 0.5) is 5.69 Å². The molecule has 5 rings (SSSR count). The normalized spacial score (nSPS) is 11.8. The molecule has 0 saturated carbocycles. The van der Waals surface area contributed by atoms with Gasteiger partial charge in [-0.25, -0.2) is 0 Å². The minimum atomic E-state index is 0.817. The van der Waals surface area contributed by atoms with E-state index in [9.17, 15) is 0 Å². The van der Waals surface area contributed by atoms with Crippen LogP contribution < -0.4 is 5.32 Å². The summed E-state index contributed by atoms with van der Waals surface area (Å²) in [6.45, 7) is 7.36. The molecule has 1 aliphatic rings. The summed E-state index contributed by atoms with van der Waals surface area (Å²) in [5.74, 6) is 0. The highest BCUT2D eigenvalue weighted by molar-refractivity contribution is 5.85. The first-order chi connectivity index (χ1) is 14.6. The maximum absolute atomic E-state index is 3.72. The summed E-state index contributed by atoms with van der Waals surface area (Å²) in [6, 6.07) is 28.9. The van der Waals surface area contributed by atoms with Gasteiger partial charge in [-0.3, -0.25) is 0 Å². The van der Waals surface area contributed by atoms with Crippen molar-refractivity contribution in [3.63, 3.8) is 0 Å². The third-order valence-corrected chi connectivity index (χ3v) is 6.29. The molecule has 148 valence electrons. The van der Waals surface area contributed by atoms with Gasteiger partial charge in [0.15, 0.2) is 0 Å². The van der Waals surface area contributed by atoms with Gasteiger partial charge in [-0.15, -0.1) is 0 Å². The number of nitrogens with one attached hydrogen (secondary N) is 1. The topological polar surface area (TPSA) is 12.0 Å². The molecule has 1 nitrogen and oxygen atoms in total. The number of hydrogen-bond donors (Lipinski definition) is 1. The van der Waals surface area contributed by atoms with Gasteiger partial charge in [0.25, 0.3) is 0 Å². The highest BCUT2D eigenvalue weighted by atomic mass is 14.9. The zero-order valence-corrected chi connectivity index (χ0v) is 17.9. The molecule has 1 aliphatic carbocycles. The molecular formula is C29H27N. The lowest BCUT2D eigenvalue weighted by Crippen LogP contribution is -2.05. The first kappa shape index (κ1) is 18.7. The maximum Gasteiger partial charge on any atom is 0.0407 e. The zero-order valence-electron chi connectivity index (χ0n) is 17.9. The van der Waals surface area contributed by atoms with E-state index in [1.165, 1.54) is 61.3 Å². The van der Waals surface area contributed by atoms with Crippen LogP contribution in [-0.2, 0) is 13.0 Å². The Morgan fingerprint density at radius 3 is 2.03 bits per heavy atom. The largest absolute Gasteiger partial charge is 0.381 e. The van der Waals surface area contributed by atoms with E-state index in [4.69, 9.17) is 0 Å². The summed E-state index contributed by atoms with van der Waals surface area (Å²) >= 11 is 0. The van der Waals surface area contributed by atoms with Crippen LogP contribution in [0.15, 0.2) is 78.9 Å². The molecule has 0 radical (unpaired) electrons. The Morgan fingerprint density at radius 1 is 0.667 bits per heavy atom. The molecule has 0 aliphatic heterocycles. The molecule has 1 N–H and O–H groups in total. The van der Waals surface area contributed by atoms with Crippen molar-refractivity contribution in [2.45, 2.75) is 33.7 Å². The molecule has 0 unspecified atom stereocenters. The number of anilines is 1. The highest BCUT2D eigenvalue weighted by Crippen LogP contribution is 2.42. The van der Waals surface area contributed by atoms with E-state index >= 15 is 0 Å². The molecular weight excluding hydrogens is 362 g/mol. The Bertz CT molecular complexity index is 1230. The molecule has 4 aromatic rings. The van der Waals surface area contributed by atoms with Crippen molar-refractivity contribution >= 4 is 5.69 Å². The van der Waals surface area contributed by atoms with Crippen molar-refractivity contribution < 1.29 is 0 Å². The molecule has 0 aromatic heterocycles. The predicted octanol–water partition coefficient (Wildman–Crippen LogP) is 7.46. The van der Waals surface area contributed by atoms with E-state index < -0.39 is 0 Å². The average Bonchev–Trinajstić information content (AvgIpc) is 3.12. The summed E-state index contributed by atoms with van der Waals surface area (Å²) in [5, 5.41) is 3.72. The highest BCUT2D eigenvalue weighted by Gasteiger charge is 2.21. The fourth-order valence-electron chi connectivity index (χ4n) is 4.99. The second kappa shape index (κ2) is 7.50. The summed E-state index contributed by atoms with van der Waals surface area (Å²) in [6.07, 6.45) is 1.01. The van der Waals surface area contributed by atoms with Gasteiger partial charge in [-0.2, -0.15) is 0 Å². The van der Waals surface area contributed by atoms with Crippen LogP contribution in [0.5, 0.6) is 0 Å². The Balaban J connectivity index is 1.52. The number of aryl methyl sites for hydroxylation is 3. The van der Waals surface area contributed by atoms with Crippen molar-refractivity contribution in [2.24, 2.45) is 0 Å². The Morgan fingerprint density at radius 2 is 1.27 bits per heavy atom. The zero-order chi connectivity index (χ0) is 20.7. The third-order valence-electron chi connectivity index (χ3n) is 6.29. The molecule has 0 saturated heterocycles. The van der Waals surface area contributed by atoms with Crippen molar-refractivity contribution in [3.05, 3.63) is 112 Å². The number of fused-ring (bicyclic) bond motifs is 3. The predicted molar refractivity (Wildman–Crippen MR) is 128 cm³/mol. The summed E-state index contributed by atoms with van der Waals surface area (Å²) in [7, 11) is 0. The standard InChI is InChI=1S/C29H27N/c1-19-15-20(2)29(21(3)16-19)30-18-23-10-5-7-12-25(23)27-14-8-13-26-24-11-6-4-9-22(24)17-28(26)27/h4-16,30H,17-18H2,1-3H3. The van der Waals surface area contributed by atoms with Crippen LogP contribution in [-0.4, -0.2) is 0 Å². The lowest BCUT2D eigenvalue weighted by molar-refractivity contribution is 1.12. The molecule has 4 aromatic carbocycles. The van der Waals surface area contributed by atoms with E-state index in [0.29, 0.717) is 0 Å². The van der Waals surface area contributed by atoms with Crippen LogP contribution >= 0.6 is 0 Å². The Kier molecular flexibility index (Phi) is 4.67. The molecule has 0 bridgehead atoms. The van der Waals surface area contributed by atoms with Gasteiger partial charge in [0, 0.05) is 12.2 Å². The smallest absolute Gasteiger partial charge is 0.0407 e. The van der Waals surface area contributed by atoms with E-state index in [0.717, 1.165) is 13.0 Å². The van der Waals surface area contributed by atoms with Crippen LogP contribution in [0.1, 0.15) is 33.4 Å². The molecule has 0 spiro atoms. The van der Waals surface area contributed by atoms with E-state index in [1.54, 1.807) is 0 Å². The summed E-state index contributed by atoms with van der Waals surface area (Å²) in [5.41, 5.74) is 14.9. The van der Waals surface area contributed by atoms with Gasteiger partial charge in [0.1, 0.15) is 0 Å². The number of rotatable bonds is 4. The lowest BCUT2D eigenvalue weighted by atomic mass is 9.92. The fourth-order valence-corrected chi connectivity index (χ4v) is 4.99. The lowest BCUT2D eigenvalue weighted by Gasteiger charge is -2.17. The Hall–Kier alpha value is -3.32. The van der Waals surface area contributed by atoms with E-state index in [2.05, 4.69) is 105 Å². The molecule has 0 amide bonds. The minimum absolute atomic E-state index is 0.817. The van der Waals surface area contributed by atoms with Crippen molar-refractivity contribution in [3.8, 4) is 22.3 Å². The van der Waals surface area contributed by atoms with Crippen LogP contribution in [0.2, 0.25) is 0 Å². The van der Waals surface area contributed by atoms with Gasteiger partial charge < -0.3 is 5.32 Å². The molecule has 0 heterocycles. The van der Waals surface area contributed by atoms with Crippen molar-refractivity contribution in [1.82, 2.24) is 0 Å². The third kappa shape index (κ3) is 3.21. The quantitative estimate of drug-likeness (QED) is 0.336. The van der Waals surface area contributed by atoms with Gasteiger partial charge in [-0.05, 0) is 77.3 Å². The molecule has 1 heteroatoms. The molecule has 0 fully saturated rings. The van der Waals surface area contributed by atoms with E-state index in [1.807, 2.05) is 0 Å². The van der Waals surface area contributed by atoms with Crippen LogP contribution in [0.3, 0.4) is 0 Å². The molecule has 30 heavy (non-hydrogen) atoms. The average molecular weight is 390 g/mol. The van der Waals surface area contributed by atoms with Crippen LogP contribution in [0, 0.1) is 20.8 Å². The van der Waals surface area contributed by atoms with Crippen molar-refractivity contribution in [1.29, 1.82) is 0 Å². The second-order valence-electron chi connectivity index (χ2n) is 8.45. The summed E-state index contributed by atoms with van der Waals surface area (Å²) < 4.78 is 0. The van der Waals surface area contributed by atoms with Crippen molar-refractivity contribution in [2.75, 3.05) is 5.32 Å². The monoisotopic (exact) mass is 389 g/mol. The maximum atomic E-state index is 3.72. The van der Waals surface area contributed by atoms with Gasteiger partial charge in [-0.1, -0.05) is 84.4 Å². The molecule has 0 atom stereocenters. The number of benzene rings is 4. The fraction of sp³-hybridized carbons (Fsp3) is 0.172. The Labute approximate surface area is 179 Å². The van der Waals surface area contributed by atoms with Crippen LogP contribution in [0.25, 0.3) is 22.3 Å². The first-order valence-corrected chi connectivity index (χ1v) is 10.7. The second-order valence-corrected chi connectivity index (χ2v) is 8.45. The SMILES string of the molecule is Cc1cc(C)c(NCc2ccccc2-c2cccc3c2Cc2ccccc2-3)c(C)c1. The van der Waals surface area contributed by atoms with Gasteiger partial charge in [0.2, 0.25) is 0 Å². The number of hydrogen-bond acceptors (Lipinski definition) is 1. The van der Waals surface area contributed by atoms with E-state index in [-0.39, 0.29) is 0 Å².